The molecule has 3 nitrogen and oxygen atoms in total. The van der Waals surface area contributed by atoms with Crippen molar-refractivity contribution in [2.75, 3.05) is 0 Å². The van der Waals surface area contributed by atoms with E-state index >= 15 is 0 Å². The second-order valence-corrected chi connectivity index (χ2v) is 5.11. The van der Waals surface area contributed by atoms with Crippen molar-refractivity contribution in [3.8, 4) is 12.3 Å². The van der Waals surface area contributed by atoms with Crippen LogP contribution in [0.25, 0.3) is 0 Å². The minimum atomic E-state index is -0.435. The van der Waals surface area contributed by atoms with Crippen LogP contribution in [0.3, 0.4) is 0 Å². The molecule has 1 aromatic rings. The summed E-state index contributed by atoms with van der Waals surface area (Å²) in [6.45, 7) is 1.92. The first-order valence-corrected chi connectivity index (χ1v) is 6.68. The zero-order valence-electron chi connectivity index (χ0n) is 11.1. The smallest absolute Gasteiger partial charge is 0.251 e. The van der Waals surface area contributed by atoms with Crippen LogP contribution in [0.15, 0.2) is 18.2 Å². The Morgan fingerprint density at radius 2 is 2.16 bits per heavy atom. The van der Waals surface area contributed by atoms with Crippen molar-refractivity contribution in [2.24, 2.45) is 0 Å². The van der Waals surface area contributed by atoms with Gasteiger partial charge >= 0.3 is 0 Å². The molecule has 0 aromatic heterocycles. The van der Waals surface area contributed by atoms with E-state index < -0.39 is 6.10 Å². The van der Waals surface area contributed by atoms with Gasteiger partial charge in [-0.2, -0.15) is 0 Å². The summed E-state index contributed by atoms with van der Waals surface area (Å²) in [7, 11) is 0. The van der Waals surface area contributed by atoms with E-state index in [2.05, 4.69) is 11.2 Å². The molecule has 0 unspecified atom stereocenters. The molecular weight excluding hydrogens is 238 g/mol. The highest BCUT2D eigenvalue weighted by molar-refractivity contribution is 5.94. The Labute approximate surface area is 114 Å². The van der Waals surface area contributed by atoms with Crippen molar-refractivity contribution in [3.05, 3.63) is 34.9 Å². The second-order valence-electron chi connectivity index (χ2n) is 5.11. The Morgan fingerprint density at radius 1 is 1.42 bits per heavy atom. The van der Waals surface area contributed by atoms with Crippen LogP contribution in [0, 0.1) is 19.3 Å². The lowest BCUT2D eigenvalue weighted by molar-refractivity contribution is 0.0717. The van der Waals surface area contributed by atoms with Crippen LogP contribution in [-0.2, 0) is 0 Å². The molecule has 19 heavy (non-hydrogen) atoms. The molecular formula is C16H19NO2. The molecule has 3 heteroatoms. The lowest BCUT2D eigenvalue weighted by Crippen LogP contribution is -2.45. The van der Waals surface area contributed by atoms with E-state index in [1.165, 1.54) is 0 Å². The summed E-state index contributed by atoms with van der Waals surface area (Å²) in [5.41, 5.74) is 2.27. The number of hydrogen-bond donors (Lipinski definition) is 2. The van der Waals surface area contributed by atoms with Crippen LogP contribution >= 0.6 is 0 Å². The van der Waals surface area contributed by atoms with E-state index in [9.17, 15) is 9.90 Å². The Balaban J connectivity index is 2.09. The van der Waals surface area contributed by atoms with Gasteiger partial charge in [-0.1, -0.05) is 24.8 Å². The fourth-order valence-corrected chi connectivity index (χ4v) is 2.45. The van der Waals surface area contributed by atoms with Gasteiger partial charge in [-0.05, 0) is 37.5 Å². The summed E-state index contributed by atoms with van der Waals surface area (Å²) in [6, 6.07) is 5.19. The largest absolute Gasteiger partial charge is 0.391 e. The number of terminal acetylenes is 1. The maximum absolute atomic E-state index is 12.1. The first-order chi connectivity index (χ1) is 9.11. The summed E-state index contributed by atoms with van der Waals surface area (Å²) in [5, 5.41) is 12.8. The number of carbonyl (C=O) groups is 1. The molecule has 0 radical (unpaired) electrons. The fourth-order valence-electron chi connectivity index (χ4n) is 2.45. The summed E-state index contributed by atoms with van der Waals surface area (Å²) in [4.78, 5) is 12.1. The van der Waals surface area contributed by atoms with Gasteiger partial charge in [0.2, 0.25) is 0 Å². The molecule has 0 saturated heterocycles. The van der Waals surface area contributed by atoms with Crippen molar-refractivity contribution in [2.45, 2.75) is 44.8 Å². The van der Waals surface area contributed by atoms with Crippen molar-refractivity contribution >= 4 is 5.91 Å². The first-order valence-electron chi connectivity index (χ1n) is 6.68. The van der Waals surface area contributed by atoms with Crippen LogP contribution < -0.4 is 5.32 Å². The molecule has 1 fully saturated rings. The van der Waals surface area contributed by atoms with Crippen molar-refractivity contribution in [1.29, 1.82) is 0 Å². The van der Waals surface area contributed by atoms with Crippen molar-refractivity contribution in [3.63, 3.8) is 0 Å². The number of benzene rings is 1. The van der Waals surface area contributed by atoms with Crippen molar-refractivity contribution < 1.29 is 9.90 Å². The third kappa shape index (κ3) is 3.15. The van der Waals surface area contributed by atoms with Crippen LogP contribution in [-0.4, -0.2) is 23.2 Å². The quantitative estimate of drug-likeness (QED) is 0.796. The van der Waals surface area contributed by atoms with Gasteiger partial charge in [0.15, 0.2) is 0 Å². The number of aliphatic hydroxyl groups is 1. The van der Waals surface area contributed by atoms with Crippen LogP contribution in [0.4, 0.5) is 0 Å². The molecule has 2 atom stereocenters. The van der Waals surface area contributed by atoms with Gasteiger partial charge in [-0.3, -0.25) is 4.79 Å². The molecule has 0 heterocycles. The minimum absolute atomic E-state index is 0.142. The Morgan fingerprint density at radius 3 is 2.84 bits per heavy atom. The number of nitrogens with one attached hydrogen (secondary N) is 1. The number of aliphatic hydroxyl groups excluding tert-OH is 1. The summed E-state index contributed by atoms with van der Waals surface area (Å²) >= 11 is 0. The molecule has 0 spiro atoms. The SMILES string of the molecule is C#Cc1cc(C(=O)N[C@H]2CCCC[C@@H]2O)ccc1C. The van der Waals surface area contributed by atoms with Crippen molar-refractivity contribution in [1.82, 2.24) is 5.32 Å². The van der Waals surface area contributed by atoms with E-state index in [1.54, 1.807) is 12.1 Å². The number of hydrogen-bond acceptors (Lipinski definition) is 2. The normalized spacial score (nSPS) is 22.6. The van der Waals surface area contributed by atoms with E-state index in [0.29, 0.717) is 5.56 Å². The van der Waals surface area contributed by atoms with Gasteiger partial charge < -0.3 is 10.4 Å². The van der Waals surface area contributed by atoms with Crippen LogP contribution in [0.2, 0.25) is 0 Å². The highest BCUT2D eigenvalue weighted by Gasteiger charge is 2.24. The molecule has 1 aliphatic carbocycles. The number of amides is 1. The van der Waals surface area contributed by atoms with Gasteiger partial charge in [0.25, 0.3) is 5.91 Å². The zero-order valence-corrected chi connectivity index (χ0v) is 11.1. The maximum atomic E-state index is 12.1. The minimum Gasteiger partial charge on any atom is -0.391 e. The molecule has 2 rings (SSSR count). The average molecular weight is 257 g/mol. The van der Waals surface area contributed by atoms with E-state index in [4.69, 9.17) is 6.42 Å². The highest BCUT2D eigenvalue weighted by Crippen LogP contribution is 2.19. The second kappa shape index (κ2) is 5.90. The first kappa shape index (κ1) is 13.6. The van der Waals surface area contributed by atoms with Gasteiger partial charge in [0.05, 0.1) is 12.1 Å². The summed E-state index contributed by atoms with van der Waals surface area (Å²) < 4.78 is 0. The van der Waals surface area contributed by atoms with E-state index in [1.807, 2.05) is 13.0 Å². The summed E-state index contributed by atoms with van der Waals surface area (Å²) in [5.74, 6) is 2.41. The molecule has 1 aromatic carbocycles. The predicted molar refractivity (Wildman–Crippen MR) is 74.8 cm³/mol. The molecule has 1 aliphatic rings. The predicted octanol–water partition coefficient (Wildman–Crippen LogP) is 2.01. The third-order valence-electron chi connectivity index (χ3n) is 3.70. The van der Waals surface area contributed by atoms with Crippen LogP contribution in [0.5, 0.6) is 0 Å². The third-order valence-corrected chi connectivity index (χ3v) is 3.70. The van der Waals surface area contributed by atoms with Gasteiger partial charge in [0.1, 0.15) is 0 Å². The standard InChI is InChI=1S/C16H19NO2/c1-3-12-10-13(9-8-11(12)2)16(19)17-14-6-4-5-7-15(14)18/h1,8-10,14-15,18H,4-7H2,2H3,(H,17,19)/t14-,15-/m0/s1. The lowest BCUT2D eigenvalue weighted by Gasteiger charge is -2.28. The average Bonchev–Trinajstić information content (AvgIpc) is 2.42. The number of aryl methyl sites for hydroxylation is 1. The van der Waals surface area contributed by atoms with Gasteiger partial charge in [-0.25, -0.2) is 0 Å². The molecule has 100 valence electrons. The molecule has 0 aliphatic heterocycles. The molecule has 1 amide bonds. The van der Waals surface area contributed by atoms with E-state index in [-0.39, 0.29) is 11.9 Å². The Hall–Kier alpha value is -1.79. The lowest BCUT2D eigenvalue weighted by atomic mass is 9.92. The zero-order chi connectivity index (χ0) is 13.8. The molecule has 0 bridgehead atoms. The monoisotopic (exact) mass is 257 g/mol. The highest BCUT2D eigenvalue weighted by atomic mass is 16.3. The summed E-state index contributed by atoms with van der Waals surface area (Å²) in [6.07, 6.45) is 8.64. The van der Waals surface area contributed by atoms with Gasteiger partial charge in [0, 0.05) is 11.1 Å². The van der Waals surface area contributed by atoms with Crippen LogP contribution in [0.1, 0.15) is 47.2 Å². The molecule has 1 saturated carbocycles. The topological polar surface area (TPSA) is 49.3 Å². The van der Waals surface area contributed by atoms with Gasteiger partial charge in [-0.15, -0.1) is 6.42 Å². The maximum Gasteiger partial charge on any atom is 0.251 e. The number of carbonyl (C=O) groups excluding carboxylic acids is 1. The Bertz CT molecular complexity index is 516. The van der Waals surface area contributed by atoms with E-state index in [0.717, 1.165) is 36.8 Å². The Kier molecular flexibility index (Phi) is 4.24. The fraction of sp³-hybridized carbons (Fsp3) is 0.438. The molecule has 2 N–H and O–H groups in total. The number of rotatable bonds is 2.